The lowest BCUT2D eigenvalue weighted by atomic mass is 10.1. The maximum Gasteiger partial charge on any atom is 0.332 e. The van der Waals surface area contributed by atoms with Gasteiger partial charge in [-0.1, -0.05) is 23.2 Å². The van der Waals surface area contributed by atoms with E-state index in [1.54, 1.807) is 30.3 Å². The van der Waals surface area contributed by atoms with Crippen LogP contribution in [0, 0.1) is 0 Å². The molecule has 2 aromatic heterocycles. The van der Waals surface area contributed by atoms with Crippen molar-refractivity contribution in [3.05, 3.63) is 62.6 Å². The number of benzene rings is 2. The van der Waals surface area contributed by atoms with Crippen LogP contribution in [0.15, 0.2) is 41.2 Å². The molecule has 0 radical (unpaired) electrons. The minimum atomic E-state index is -0.830. The minimum absolute atomic E-state index is 0.0970. The number of primary amides is 1. The molecule has 0 spiro atoms. The summed E-state index contributed by atoms with van der Waals surface area (Å²) in [6.07, 6.45) is 0. The molecule has 0 aliphatic carbocycles. The molecule has 158 valence electrons. The van der Waals surface area contributed by atoms with Crippen molar-refractivity contribution < 1.29 is 14.3 Å². The molecule has 0 aliphatic heterocycles. The molecule has 4 aromatic rings. The van der Waals surface area contributed by atoms with Gasteiger partial charge in [0.25, 0.3) is 5.91 Å². The van der Waals surface area contributed by atoms with Gasteiger partial charge in [0, 0.05) is 6.07 Å². The van der Waals surface area contributed by atoms with Crippen LogP contribution in [0.1, 0.15) is 10.5 Å². The Hall–Kier alpha value is -3.56. The van der Waals surface area contributed by atoms with Crippen molar-refractivity contribution in [2.24, 2.45) is 5.73 Å². The number of carbonyl (C=O) groups excluding carboxylic acids is 1. The van der Waals surface area contributed by atoms with Crippen LogP contribution in [0.2, 0.25) is 10.0 Å². The van der Waals surface area contributed by atoms with E-state index in [0.717, 1.165) is 0 Å². The normalized spacial score (nSPS) is 11.0. The molecule has 1 amide bonds. The van der Waals surface area contributed by atoms with Gasteiger partial charge >= 0.3 is 5.69 Å². The summed E-state index contributed by atoms with van der Waals surface area (Å²) in [5.74, 6) is 0.275. The third-order valence-electron chi connectivity index (χ3n) is 4.58. The predicted molar refractivity (Wildman–Crippen MR) is 117 cm³/mol. The van der Waals surface area contributed by atoms with E-state index in [2.05, 4.69) is 15.0 Å². The Morgan fingerprint density at radius 1 is 1.06 bits per heavy atom. The van der Waals surface area contributed by atoms with Crippen LogP contribution in [0.25, 0.3) is 28.2 Å². The summed E-state index contributed by atoms with van der Waals surface area (Å²) in [6, 6.07) is 9.68. The van der Waals surface area contributed by atoms with Crippen LogP contribution in [-0.2, 0) is 0 Å². The Balaban J connectivity index is 2.05. The van der Waals surface area contributed by atoms with Gasteiger partial charge in [-0.15, -0.1) is 0 Å². The highest BCUT2D eigenvalue weighted by Crippen LogP contribution is 2.33. The SMILES string of the molecule is COc1ccc(-c2nc(C(N)=O)c3[nH]c(=O)n(-c4ccc(Cl)c(Cl)c4)c3n2)c(OC)c1. The molecular formula is C20H15Cl2N5O4. The smallest absolute Gasteiger partial charge is 0.332 e. The van der Waals surface area contributed by atoms with Crippen molar-refractivity contribution >= 4 is 40.3 Å². The second kappa shape index (κ2) is 7.93. The number of amides is 1. The first-order valence-corrected chi connectivity index (χ1v) is 9.60. The number of nitrogens with one attached hydrogen (secondary N) is 1. The zero-order valence-corrected chi connectivity index (χ0v) is 17.8. The van der Waals surface area contributed by atoms with Gasteiger partial charge in [-0.25, -0.2) is 19.3 Å². The van der Waals surface area contributed by atoms with Crippen LogP contribution in [0.4, 0.5) is 0 Å². The van der Waals surface area contributed by atoms with Crippen LogP contribution in [0.5, 0.6) is 11.5 Å². The Morgan fingerprint density at radius 2 is 1.84 bits per heavy atom. The van der Waals surface area contributed by atoms with Crippen molar-refractivity contribution in [1.82, 2.24) is 19.5 Å². The number of nitrogens with zero attached hydrogens (tertiary/aromatic N) is 3. The zero-order chi connectivity index (χ0) is 22.3. The van der Waals surface area contributed by atoms with Crippen molar-refractivity contribution in [1.29, 1.82) is 0 Å². The molecule has 11 heteroatoms. The van der Waals surface area contributed by atoms with Crippen LogP contribution >= 0.6 is 23.2 Å². The molecule has 3 N–H and O–H groups in total. The lowest BCUT2D eigenvalue weighted by molar-refractivity contribution is 0.0997. The molecule has 31 heavy (non-hydrogen) atoms. The quantitative estimate of drug-likeness (QED) is 0.471. The molecule has 4 rings (SSSR count). The first-order valence-electron chi connectivity index (χ1n) is 8.84. The number of H-pyrrole nitrogens is 1. The van der Waals surface area contributed by atoms with E-state index in [-0.39, 0.29) is 27.7 Å². The Bertz CT molecular complexity index is 1400. The Kier molecular flexibility index (Phi) is 5.30. The van der Waals surface area contributed by atoms with Gasteiger partial charge in [-0.3, -0.25) is 4.79 Å². The summed E-state index contributed by atoms with van der Waals surface area (Å²) in [5, 5.41) is 0.580. The average molecular weight is 460 g/mol. The fourth-order valence-electron chi connectivity index (χ4n) is 3.13. The number of imidazole rings is 1. The Labute approximate surface area is 185 Å². The number of carbonyl (C=O) groups is 1. The minimum Gasteiger partial charge on any atom is -0.497 e. The van der Waals surface area contributed by atoms with Crippen LogP contribution < -0.4 is 20.9 Å². The highest BCUT2D eigenvalue weighted by molar-refractivity contribution is 6.42. The van der Waals surface area contributed by atoms with E-state index in [9.17, 15) is 9.59 Å². The van der Waals surface area contributed by atoms with Crippen molar-refractivity contribution in [3.8, 4) is 28.6 Å². The number of halogens is 2. The summed E-state index contributed by atoms with van der Waals surface area (Å²) in [7, 11) is 3.01. The number of fused-ring (bicyclic) bond motifs is 1. The van der Waals surface area contributed by atoms with Gasteiger partial charge in [0.2, 0.25) is 0 Å². The lowest BCUT2D eigenvalue weighted by Gasteiger charge is -2.11. The molecular weight excluding hydrogens is 445 g/mol. The molecule has 2 aromatic carbocycles. The number of rotatable bonds is 5. The second-order valence-corrected chi connectivity index (χ2v) is 7.20. The van der Waals surface area contributed by atoms with Gasteiger partial charge in [0.15, 0.2) is 17.2 Å². The van der Waals surface area contributed by atoms with Crippen molar-refractivity contribution in [2.75, 3.05) is 14.2 Å². The zero-order valence-electron chi connectivity index (χ0n) is 16.3. The summed E-state index contributed by atoms with van der Waals surface area (Å²) in [6.45, 7) is 0. The van der Waals surface area contributed by atoms with Crippen molar-refractivity contribution in [3.63, 3.8) is 0 Å². The third-order valence-corrected chi connectivity index (χ3v) is 5.32. The van der Waals surface area contributed by atoms with E-state index < -0.39 is 11.6 Å². The highest BCUT2D eigenvalue weighted by atomic mass is 35.5. The molecule has 0 aliphatic rings. The van der Waals surface area contributed by atoms with Gasteiger partial charge in [-0.05, 0) is 30.3 Å². The number of ether oxygens (including phenoxy) is 2. The third kappa shape index (κ3) is 3.58. The maximum absolute atomic E-state index is 12.7. The van der Waals surface area contributed by atoms with E-state index >= 15 is 0 Å². The van der Waals surface area contributed by atoms with Gasteiger partial charge in [0.1, 0.15) is 17.0 Å². The number of aromatic amines is 1. The number of aromatic nitrogens is 4. The second-order valence-electron chi connectivity index (χ2n) is 6.39. The molecule has 0 unspecified atom stereocenters. The molecule has 0 saturated heterocycles. The fourth-order valence-corrected chi connectivity index (χ4v) is 3.42. The van der Waals surface area contributed by atoms with Crippen LogP contribution in [-0.4, -0.2) is 39.6 Å². The molecule has 0 bridgehead atoms. The summed E-state index contributed by atoms with van der Waals surface area (Å²) >= 11 is 12.1. The van der Waals surface area contributed by atoms with Gasteiger partial charge < -0.3 is 20.2 Å². The van der Waals surface area contributed by atoms with E-state index in [1.807, 2.05) is 0 Å². The highest BCUT2D eigenvalue weighted by Gasteiger charge is 2.22. The number of hydrogen-bond acceptors (Lipinski definition) is 6. The average Bonchev–Trinajstić information content (AvgIpc) is 3.09. The van der Waals surface area contributed by atoms with E-state index in [1.165, 1.54) is 24.9 Å². The molecule has 0 fully saturated rings. The summed E-state index contributed by atoms with van der Waals surface area (Å²) < 4.78 is 11.9. The topological polar surface area (TPSA) is 125 Å². The first-order chi connectivity index (χ1) is 14.8. The monoisotopic (exact) mass is 459 g/mol. The lowest BCUT2D eigenvalue weighted by Crippen LogP contribution is -2.15. The van der Waals surface area contributed by atoms with Gasteiger partial charge in [-0.2, -0.15) is 0 Å². The maximum atomic E-state index is 12.7. The predicted octanol–water partition coefficient (Wildman–Crippen LogP) is 3.20. The Morgan fingerprint density at radius 3 is 2.48 bits per heavy atom. The number of methoxy groups -OCH3 is 2. The molecule has 0 atom stereocenters. The van der Waals surface area contributed by atoms with Gasteiger partial charge in [0.05, 0.1) is 35.5 Å². The largest absolute Gasteiger partial charge is 0.497 e. The van der Waals surface area contributed by atoms with E-state index in [0.29, 0.717) is 27.8 Å². The molecule has 9 nitrogen and oxygen atoms in total. The number of hydrogen-bond donors (Lipinski definition) is 2. The number of nitrogens with two attached hydrogens (primary N) is 1. The van der Waals surface area contributed by atoms with Crippen molar-refractivity contribution in [2.45, 2.75) is 0 Å². The standard InChI is InChI=1S/C20H15Cl2N5O4/c1-30-10-4-5-11(14(8-10)31-2)18-24-15(17(23)28)16-19(26-18)27(20(29)25-16)9-3-6-12(21)13(22)7-9/h3-8H,1-2H3,(H2,23,28)(H,25,29). The van der Waals surface area contributed by atoms with Crippen LogP contribution in [0.3, 0.4) is 0 Å². The van der Waals surface area contributed by atoms with E-state index in [4.69, 9.17) is 38.4 Å². The summed E-state index contributed by atoms with van der Waals surface area (Å²) in [5.41, 5.74) is 5.94. The fraction of sp³-hybridized carbons (Fsp3) is 0.100. The molecule has 0 saturated carbocycles. The molecule has 2 heterocycles. The summed E-state index contributed by atoms with van der Waals surface area (Å²) in [4.78, 5) is 36.2. The first kappa shape index (κ1) is 20.7.